The van der Waals surface area contributed by atoms with Gasteiger partial charge in [0.25, 0.3) is 21.8 Å². The number of benzene rings is 2. The number of hydrogen-bond donors (Lipinski definition) is 3. The van der Waals surface area contributed by atoms with Gasteiger partial charge in [0.15, 0.2) is 5.11 Å². The number of carbonyl (C=O) groups excluding carboxylic acids is 1. The summed E-state index contributed by atoms with van der Waals surface area (Å²) in [4.78, 5) is 20.7. The summed E-state index contributed by atoms with van der Waals surface area (Å²) < 4.78 is 39.2. The van der Waals surface area contributed by atoms with Crippen LogP contribution in [-0.4, -0.2) is 43.1 Å². The maximum absolute atomic E-state index is 12.8. The predicted octanol–water partition coefficient (Wildman–Crippen LogP) is 4.21. The molecule has 2 aromatic carbocycles. The van der Waals surface area contributed by atoms with Gasteiger partial charge in [0.2, 0.25) is 5.82 Å². The number of amides is 1. The maximum atomic E-state index is 12.8. The van der Waals surface area contributed by atoms with E-state index in [1.807, 2.05) is 13.8 Å². The van der Waals surface area contributed by atoms with Crippen molar-refractivity contribution >= 4 is 60.7 Å². The Morgan fingerprint density at radius 2 is 1.81 bits per heavy atom. The average molecular weight is 595 g/mol. The van der Waals surface area contributed by atoms with Gasteiger partial charge < -0.3 is 14.8 Å². The van der Waals surface area contributed by atoms with Gasteiger partial charge in [-0.3, -0.25) is 14.8 Å². The van der Waals surface area contributed by atoms with Crippen LogP contribution >= 0.6 is 28.1 Å². The number of anilines is 2. The number of halogens is 1. The molecule has 36 heavy (non-hydrogen) atoms. The number of sulfonamides is 1. The molecule has 0 saturated heterocycles. The van der Waals surface area contributed by atoms with Crippen LogP contribution in [0.2, 0.25) is 0 Å². The number of rotatable bonds is 9. The normalized spacial score (nSPS) is 11.0. The molecule has 0 aliphatic carbocycles. The van der Waals surface area contributed by atoms with E-state index < -0.39 is 15.9 Å². The van der Waals surface area contributed by atoms with Gasteiger partial charge in [0.05, 0.1) is 24.2 Å². The minimum Gasteiger partial charge on any atom is -0.492 e. The maximum Gasteiger partial charge on any atom is 0.263 e. The third-order valence-corrected chi connectivity index (χ3v) is 6.55. The van der Waals surface area contributed by atoms with Gasteiger partial charge in [-0.15, -0.1) is 0 Å². The Balaban J connectivity index is 1.66. The SMILES string of the molecule is COc1nccnc1NS(=O)(=O)c1ccc(NC(=S)NC(=O)c2cc(Br)ccc2OCC(C)C)cc1. The number of carbonyl (C=O) groups is 1. The fraction of sp³-hybridized carbons (Fsp3) is 0.217. The van der Waals surface area contributed by atoms with Crippen LogP contribution in [-0.2, 0) is 10.0 Å². The van der Waals surface area contributed by atoms with Crippen LogP contribution in [0, 0.1) is 5.92 Å². The van der Waals surface area contributed by atoms with E-state index in [4.69, 9.17) is 21.7 Å². The molecule has 0 spiro atoms. The van der Waals surface area contributed by atoms with Crippen LogP contribution in [0.25, 0.3) is 0 Å². The summed E-state index contributed by atoms with van der Waals surface area (Å²) in [6, 6.07) is 10.9. The minimum atomic E-state index is -3.95. The van der Waals surface area contributed by atoms with Crippen LogP contribution in [0.3, 0.4) is 0 Å². The van der Waals surface area contributed by atoms with Gasteiger partial charge in [0, 0.05) is 22.6 Å². The molecule has 0 atom stereocenters. The number of hydrogen-bond acceptors (Lipinski definition) is 8. The first-order valence-corrected chi connectivity index (χ1v) is 13.3. The highest BCUT2D eigenvalue weighted by molar-refractivity contribution is 9.10. The largest absolute Gasteiger partial charge is 0.492 e. The summed E-state index contributed by atoms with van der Waals surface area (Å²) in [7, 11) is -2.59. The number of ether oxygens (including phenoxy) is 2. The van der Waals surface area contributed by atoms with E-state index in [-0.39, 0.29) is 27.6 Å². The van der Waals surface area contributed by atoms with Crippen molar-refractivity contribution in [2.75, 3.05) is 23.8 Å². The van der Waals surface area contributed by atoms with E-state index in [1.165, 1.54) is 43.8 Å². The summed E-state index contributed by atoms with van der Waals surface area (Å²) in [6.45, 7) is 4.48. The second-order valence-corrected chi connectivity index (χ2v) is 10.8. The van der Waals surface area contributed by atoms with Crippen molar-refractivity contribution in [1.29, 1.82) is 0 Å². The predicted molar refractivity (Wildman–Crippen MR) is 144 cm³/mol. The number of aromatic nitrogens is 2. The number of nitrogens with one attached hydrogen (secondary N) is 3. The van der Waals surface area contributed by atoms with Crippen molar-refractivity contribution in [3.63, 3.8) is 0 Å². The number of methoxy groups -OCH3 is 1. The Labute approximate surface area is 223 Å². The van der Waals surface area contributed by atoms with E-state index in [0.29, 0.717) is 28.1 Å². The molecule has 3 rings (SSSR count). The first-order valence-electron chi connectivity index (χ1n) is 10.6. The summed E-state index contributed by atoms with van der Waals surface area (Å²) in [5, 5.41) is 5.51. The fourth-order valence-corrected chi connectivity index (χ4v) is 4.42. The Morgan fingerprint density at radius 3 is 2.47 bits per heavy atom. The monoisotopic (exact) mass is 593 g/mol. The van der Waals surface area contributed by atoms with Crippen molar-refractivity contribution < 1.29 is 22.7 Å². The Kier molecular flexibility index (Phi) is 9.18. The van der Waals surface area contributed by atoms with Crippen LogP contribution in [0.15, 0.2) is 64.2 Å². The Hall–Kier alpha value is -3.29. The lowest BCUT2D eigenvalue weighted by atomic mass is 10.2. The number of thiocarbonyl (C=S) groups is 1. The van der Waals surface area contributed by atoms with Crippen molar-refractivity contribution in [2.24, 2.45) is 5.92 Å². The van der Waals surface area contributed by atoms with Crippen LogP contribution in [0.1, 0.15) is 24.2 Å². The standard InChI is InChI=1S/C23H24BrN5O5S2/c1-14(2)13-34-19-9-4-15(24)12-18(19)21(30)28-23(35)27-16-5-7-17(8-6-16)36(31,32)29-20-22(33-3)26-11-10-25-20/h4-12,14H,13H2,1-3H3,(H,25,29)(H2,27,28,30,35). The molecule has 13 heteroatoms. The van der Waals surface area contributed by atoms with E-state index in [2.05, 4.69) is 41.3 Å². The molecule has 0 aliphatic rings. The summed E-state index contributed by atoms with van der Waals surface area (Å²) in [6.07, 6.45) is 2.73. The smallest absolute Gasteiger partial charge is 0.263 e. The highest BCUT2D eigenvalue weighted by Crippen LogP contribution is 2.24. The van der Waals surface area contributed by atoms with Gasteiger partial charge in [-0.1, -0.05) is 29.8 Å². The third-order valence-electron chi connectivity index (χ3n) is 4.50. The van der Waals surface area contributed by atoms with Gasteiger partial charge in [-0.05, 0) is 60.6 Å². The third kappa shape index (κ3) is 7.35. The van der Waals surface area contributed by atoms with Crippen molar-refractivity contribution in [3.8, 4) is 11.6 Å². The summed E-state index contributed by atoms with van der Waals surface area (Å²) in [5.74, 6) is 0.291. The van der Waals surface area contributed by atoms with E-state index in [1.54, 1.807) is 18.2 Å². The first-order chi connectivity index (χ1) is 17.1. The molecule has 3 aromatic rings. The van der Waals surface area contributed by atoms with Crippen molar-refractivity contribution in [1.82, 2.24) is 15.3 Å². The quantitative estimate of drug-likeness (QED) is 0.312. The van der Waals surface area contributed by atoms with Crippen molar-refractivity contribution in [2.45, 2.75) is 18.7 Å². The van der Waals surface area contributed by atoms with Crippen LogP contribution < -0.4 is 24.8 Å². The molecule has 1 amide bonds. The number of nitrogens with zero attached hydrogens (tertiary/aromatic N) is 2. The molecule has 0 bridgehead atoms. The second kappa shape index (κ2) is 12.1. The fourth-order valence-electron chi connectivity index (χ4n) is 2.84. The molecule has 1 heterocycles. The molecule has 0 saturated carbocycles. The molecule has 0 aliphatic heterocycles. The molecule has 0 radical (unpaired) electrons. The highest BCUT2D eigenvalue weighted by Gasteiger charge is 2.19. The molecule has 3 N–H and O–H groups in total. The zero-order valence-electron chi connectivity index (χ0n) is 19.6. The highest BCUT2D eigenvalue weighted by atomic mass is 79.9. The summed E-state index contributed by atoms with van der Waals surface area (Å²) >= 11 is 8.62. The Bertz CT molecular complexity index is 1350. The zero-order chi connectivity index (χ0) is 26.3. The lowest BCUT2D eigenvalue weighted by molar-refractivity contribution is 0.0973. The van der Waals surface area contributed by atoms with E-state index >= 15 is 0 Å². The van der Waals surface area contributed by atoms with Crippen molar-refractivity contribution in [3.05, 3.63) is 64.9 Å². The van der Waals surface area contributed by atoms with Gasteiger partial charge >= 0.3 is 0 Å². The Morgan fingerprint density at radius 1 is 1.11 bits per heavy atom. The molecular weight excluding hydrogens is 570 g/mol. The lowest BCUT2D eigenvalue weighted by Gasteiger charge is -2.15. The molecular formula is C23H24BrN5O5S2. The van der Waals surface area contributed by atoms with Crippen LogP contribution in [0.4, 0.5) is 11.5 Å². The molecule has 0 unspecified atom stereocenters. The first kappa shape index (κ1) is 27.3. The summed E-state index contributed by atoms with van der Waals surface area (Å²) in [5.41, 5.74) is 0.794. The second-order valence-electron chi connectivity index (χ2n) is 7.80. The van der Waals surface area contributed by atoms with Gasteiger partial charge in [-0.25, -0.2) is 18.4 Å². The van der Waals surface area contributed by atoms with Crippen LogP contribution in [0.5, 0.6) is 11.6 Å². The lowest BCUT2D eigenvalue weighted by Crippen LogP contribution is -2.34. The molecule has 10 nitrogen and oxygen atoms in total. The topological polar surface area (TPSA) is 132 Å². The zero-order valence-corrected chi connectivity index (χ0v) is 22.8. The van der Waals surface area contributed by atoms with Gasteiger partial charge in [0.1, 0.15) is 5.75 Å². The molecule has 0 fully saturated rings. The van der Waals surface area contributed by atoms with E-state index in [9.17, 15) is 13.2 Å². The van der Waals surface area contributed by atoms with E-state index in [0.717, 1.165) is 0 Å². The molecule has 190 valence electrons. The molecule has 1 aromatic heterocycles. The average Bonchev–Trinajstić information content (AvgIpc) is 2.83. The minimum absolute atomic E-state index is 0.0169. The van der Waals surface area contributed by atoms with Gasteiger partial charge in [-0.2, -0.15) is 0 Å².